The summed E-state index contributed by atoms with van der Waals surface area (Å²) in [6, 6.07) is 10.4. The summed E-state index contributed by atoms with van der Waals surface area (Å²) in [7, 11) is 0. The van der Waals surface area contributed by atoms with Gasteiger partial charge < -0.3 is 10.1 Å². The highest BCUT2D eigenvalue weighted by atomic mass is 16.6. The molecule has 0 heterocycles. The van der Waals surface area contributed by atoms with Gasteiger partial charge in [-0.25, -0.2) is 0 Å². The van der Waals surface area contributed by atoms with Gasteiger partial charge in [0.25, 0.3) is 5.91 Å². The smallest absolute Gasteiger partial charge is 0.311 e. The van der Waals surface area contributed by atoms with Gasteiger partial charge in [0.1, 0.15) is 0 Å². The van der Waals surface area contributed by atoms with Gasteiger partial charge in [-0.2, -0.15) is 0 Å². The van der Waals surface area contributed by atoms with Crippen LogP contribution in [-0.2, 0) is 4.79 Å². The lowest BCUT2D eigenvalue weighted by atomic mass is 10.1. The zero-order valence-electron chi connectivity index (χ0n) is 14.1. The number of para-hydroxylation sites is 1. The number of nitro groups is 1. The third kappa shape index (κ3) is 3.90. The number of benzene rings is 2. The molecule has 6 nitrogen and oxygen atoms in total. The Morgan fingerprint density at radius 2 is 1.79 bits per heavy atom. The second-order valence-corrected chi connectivity index (χ2v) is 5.74. The van der Waals surface area contributed by atoms with E-state index < -0.39 is 11.0 Å². The van der Waals surface area contributed by atoms with Crippen molar-refractivity contribution >= 4 is 17.3 Å². The highest BCUT2D eigenvalue weighted by molar-refractivity contribution is 5.95. The van der Waals surface area contributed by atoms with Crippen LogP contribution in [0.25, 0.3) is 0 Å². The highest BCUT2D eigenvalue weighted by Crippen LogP contribution is 2.29. The standard InChI is InChI=1S/C18H20N2O4/c1-11-8-9-16(15(10-11)20(22)23)24-14(4)18(21)19-17-12(2)6-5-7-13(17)3/h5-10,14H,1-4H3,(H,19,21)/t14-/m1/s1. The van der Waals surface area contributed by atoms with Gasteiger partial charge in [-0.05, 0) is 50.5 Å². The van der Waals surface area contributed by atoms with Crippen molar-refractivity contribution in [2.24, 2.45) is 0 Å². The molecule has 1 amide bonds. The zero-order valence-corrected chi connectivity index (χ0v) is 14.1. The van der Waals surface area contributed by atoms with E-state index in [2.05, 4.69) is 5.32 Å². The number of hydrogen-bond acceptors (Lipinski definition) is 4. The second-order valence-electron chi connectivity index (χ2n) is 5.74. The maximum absolute atomic E-state index is 12.4. The molecule has 2 aromatic carbocycles. The number of aryl methyl sites for hydroxylation is 3. The van der Waals surface area contributed by atoms with Crippen LogP contribution in [-0.4, -0.2) is 16.9 Å². The Kier molecular flexibility index (Phi) is 5.18. The summed E-state index contributed by atoms with van der Waals surface area (Å²) in [5, 5.41) is 14.0. The molecule has 2 rings (SSSR count). The lowest BCUT2D eigenvalue weighted by Gasteiger charge is -2.17. The molecule has 0 aliphatic rings. The van der Waals surface area contributed by atoms with Gasteiger partial charge in [-0.15, -0.1) is 0 Å². The molecule has 0 aromatic heterocycles. The summed E-state index contributed by atoms with van der Waals surface area (Å²) in [5.74, 6) is -0.281. The van der Waals surface area contributed by atoms with Gasteiger partial charge in [0.2, 0.25) is 0 Å². The molecule has 0 unspecified atom stereocenters. The first kappa shape index (κ1) is 17.5. The quantitative estimate of drug-likeness (QED) is 0.666. The Morgan fingerprint density at radius 3 is 2.38 bits per heavy atom. The molecule has 126 valence electrons. The fourth-order valence-electron chi connectivity index (χ4n) is 2.35. The van der Waals surface area contributed by atoms with Crippen molar-refractivity contribution in [1.29, 1.82) is 0 Å². The Bertz CT molecular complexity index is 766. The second kappa shape index (κ2) is 7.12. The topological polar surface area (TPSA) is 81.5 Å². The van der Waals surface area contributed by atoms with E-state index in [1.54, 1.807) is 19.9 Å². The van der Waals surface area contributed by atoms with Gasteiger partial charge in [0, 0.05) is 11.8 Å². The van der Waals surface area contributed by atoms with Crippen LogP contribution in [0, 0.1) is 30.9 Å². The van der Waals surface area contributed by atoms with Crippen molar-refractivity contribution in [3.8, 4) is 5.75 Å². The van der Waals surface area contributed by atoms with Crippen molar-refractivity contribution in [1.82, 2.24) is 0 Å². The van der Waals surface area contributed by atoms with Gasteiger partial charge in [0.05, 0.1) is 4.92 Å². The summed E-state index contributed by atoms with van der Waals surface area (Å²) in [4.78, 5) is 23.0. The number of rotatable bonds is 5. The molecule has 24 heavy (non-hydrogen) atoms. The Hall–Kier alpha value is -2.89. The van der Waals surface area contributed by atoms with Crippen molar-refractivity contribution in [2.75, 3.05) is 5.32 Å². The molecule has 0 radical (unpaired) electrons. The van der Waals surface area contributed by atoms with E-state index in [1.165, 1.54) is 12.1 Å². The average Bonchev–Trinajstić information content (AvgIpc) is 2.52. The predicted octanol–water partition coefficient (Wildman–Crippen LogP) is 3.93. The summed E-state index contributed by atoms with van der Waals surface area (Å²) in [5.41, 5.74) is 3.22. The largest absolute Gasteiger partial charge is 0.474 e. The zero-order chi connectivity index (χ0) is 17.9. The number of amides is 1. The monoisotopic (exact) mass is 328 g/mol. The van der Waals surface area contributed by atoms with Crippen LogP contribution in [0.2, 0.25) is 0 Å². The summed E-state index contributed by atoms with van der Waals surface area (Å²) in [6.45, 7) is 7.12. The Labute approximate surface area is 140 Å². The van der Waals surface area contributed by atoms with Gasteiger partial charge in [0.15, 0.2) is 11.9 Å². The lowest BCUT2D eigenvalue weighted by molar-refractivity contribution is -0.386. The van der Waals surface area contributed by atoms with Crippen LogP contribution in [0.5, 0.6) is 5.75 Å². The molecular formula is C18H20N2O4. The molecule has 0 saturated heterocycles. The van der Waals surface area contributed by atoms with Gasteiger partial charge in [-0.1, -0.05) is 24.3 Å². The molecule has 0 aliphatic heterocycles. The van der Waals surface area contributed by atoms with E-state index in [4.69, 9.17) is 4.74 Å². The Balaban J connectivity index is 2.17. The molecule has 2 aromatic rings. The van der Waals surface area contributed by atoms with Gasteiger partial charge >= 0.3 is 5.69 Å². The molecule has 0 bridgehead atoms. The van der Waals surface area contributed by atoms with E-state index in [1.807, 2.05) is 32.0 Å². The minimum atomic E-state index is -0.870. The Morgan fingerprint density at radius 1 is 1.17 bits per heavy atom. The number of carbonyl (C=O) groups excluding carboxylic acids is 1. The number of nitro benzene ring substituents is 1. The van der Waals surface area contributed by atoms with E-state index in [0.717, 1.165) is 22.4 Å². The average molecular weight is 328 g/mol. The third-order valence-corrected chi connectivity index (χ3v) is 3.71. The molecule has 6 heteroatoms. The number of ether oxygens (including phenoxy) is 1. The van der Waals surface area contributed by atoms with Crippen molar-refractivity contribution in [2.45, 2.75) is 33.8 Å². The molecule has 1 N–H and O–H groups in total. The summed E-state index contributed by atoms with van der Waals surface area (Å²) < 4.78 is 5.52. The number of anilines is 1. The van der Waals surface area contributed by atoms with Crippen LogP contribution >= 0.6 is 0 Å². The van der Waals surface area contributed by atoms with Crippen molar-refractivity contribution in [3.05, 3.63) is 63.2 Å². The van der Waals surface area contributed by atoms with Crippen LogP contribution in [0.4, 0.5) is 11.4 Å². The van der Waals surface area contributed by atoms with E-state index in [-0.39, 0.29) is 17.3 Å². The summed E-state index contributed by atoms with van der Waals surface area (Å²) >= 11 is 0. The van der Waals surface area contributed by atoms with Crippen molar-refractivity contribution < 1.29 is 14.5 Å². The van der Waals surface area contributed by atoms with Crippen LogP contribution < -0.4 is 10.1 Å². The molecule has 0 spiro atoms. The molecular weight excluding hydrogens is 308 g/mol. The predicted molar refractivity (Wildman–Crippen MR) is 92.5 cm³/mol. The first-order valence-corrected chi connectivity index (χ1v) is 7.58. The van der Waals surface area contributed by atoms with E-state index in [9.17, 15) is 14.9 Å². The summed E-state index contributed by atoms with van der Waals surface area (Å²) in [6.07, 6.45) is -0.870. The maximum Gasteiger partial charge on any atom is 0.311 e. The fourth-order valence-corrected chi connectivity index (χ4v) is 2.35. The first-order chi connectivity index (χ1) is 11.3. The van der Waals surface area contributed by atoms with E-state index in [0.29, 0.717) is 0 Å². The number of carbonyl (C=O) groups is 1. The molecule has 0 fully saturated rings. The van der Waals surface area contributed by atoms with E-state index >= 15 is 0 Å². The molecule has 0 aliphatic carbocycles. The highest BCUT2D eigenvalue weighted by Gasteiger charge is 2.22. The van der Waals surface area contributed by atoms with Gasteiger partial charge in [-0.3, -0.25) is 14.9 Å². The first-order valence-electron chi connectivity index (χ1n) is 7.58. The van der Waals surface area contributed by atoms with Crippen molar-refractivity contribution in [3.63, 3.8) is 0 Å². The number of nitrogens with one attached hydrogen (secondary N) is 1. The minimum Gasteiger partial charge on any atom is -0.474 e. The number of nitrogens with zero attached hydrogens (tertiary/aromatic N) is 1. The SMILES string of the molecule is Cc1ccc(O[C@H](C)C(=O)Nc2c(C)cccc2C)c([N+](=O)[O-])c1. The molecule has 1 atom stereocenters. The normalized spacial score (nSPS) is 11.7. The van der Waals surface area contributed by atoms with Crippen LogP contribution in [0.1, 0.15) is 23.6 Å². The van der Waals surface area contributed by atoms with Crippen LogP contribution in [0.15, 0.2) is 36.4 Å². The maximum atomic E-state index is 12.4. The van der Waals surface area contributed by atoms with Crippen LogP contribution in [0.3, 0.4) is 0 Å². The minimum absolute atomic E-state index is 0.0785. The fraction of sp³-hybridized carbons (Fsp3) is 0.278. The lowest BCUT2D eigenvalue weighted by Crippen LogP contribution is -2.30. The third-order valence-electron chi connectivity index (χ3n) is 3.71. The number of hydrogen-bond donors (Lipinski definition) is 1. The molecule has 0 saturated carbocycles.